The van der Waals surface area contributed by atoms with Crippen molar-refractivity contribution in [2.45, 2.75) is 6.10 Å². The molecular weight excluding hydrogens is 265 g/mol. The molecule has 1 unspecified atom stereocenters. The number of aliphatic hydroxyl groups is 1. The zero-order valence-electron chi connectivity index (χ0n) is 8.55. The van der Waals surface area contributed by atoms with Crippen LogP contribution in [0.15, 0.2) is 16.6 Å². The molecule has 1 rings (SSSR count). The Morgan fingerprint density at radius 3 is 2.80 bits per heavy atom. The minimum atomic E-state index is -0.785. The molecule has 1 aromatic rings. The third-order valence-corrected chi connectivity index (χ3v) is 2.64. The van der Waals surface area contributed by atoms with E-state index in [0.29, 0.717) is 22.3 Å². The second-order valence-corrected chi connectivity index (χ2v) is 3.94. The molecule has 0 amide bonds. The predicted octanol–water partition coefficient (Wildman–Crippen LogP) is 1.85. The highest BCUT2D eigenvalue weighted by Crippen LogP contribution is 2.30. The predicted molar refractivity (Wildman–Crippen MR) is 59.5 cm³/mol. The summed E-state index contributed by atoms with van der Waals surface area (Å²) < 4.78 is 18.6. The lowest BCUT2D eigenvalue weighted by Gasteiger charge is -2.15. The summed E-state index contributed by atoms with van der Waals surface area (Å²) >= 11 is 3.06. The lowest BCUT2D eigenvalue weighted by atomic mass is 10.1. The van der Waals surface area contributed by atoms with Gasteiger partial charge in [-0.2, -0.15) is 0 Å². The lowest BCUT2D eigenvalue weighted by molar-refractivity contribution is 0.173. The minimum absolute atomic E-state index is 0.319. The number of rotatable bonds is 4. The van der Waals surface area contributed by atoms with Crippen molar-refractivity contribution in [3.63, 3.8) is 0 Å². The Hall–Kier alpha value is -0.650. The molecule has 0 spiro atoms. The molecular formula is C10H13BrFNO2. The number of hydrogen-bond donors (Lipinski definition) is 2. The summed E-state index contributed by atoms with van der Waals surface area (Å²) in [5, 5.41) is 12.5. The number of aliphatic hydroxyl groups excluding tert-OH is 1. The van der Waals surface area contributed by atoms with E-state index in [-0.39, 0.29) is 0 Å². The summed E-state index contributed by atoms with van der Waals surface area (Å²) in [5.74, 6) is 0.0481. The average Bonchev–Trinajstić information content (AvgIpc) is 2.21. The van der Waals surface area contributed by atoms with Gasteiger partial charge >= 0.3 is 0 Å². The maximum atomic E-state index is 13.3. The van der Waals surface area contributed by atoms with E-state index < -0.39 is 11.9 Å². The molecule has 84 valence electrons. The van der Waals surface area contributed by atoms with Crippen LogP contribution in [0.2, 0.25) is 0 Å². The Balaban J connectivity index is 3.09. The Morgan fingerprint density at radius 1 is 1.60 bits per heavy atom. The maximum Gasteiger partial charge on any atom is 0.138 e. The normalized spacial score (nSPS) is 12.6. The molecule has 0 aliphatic carbocycles. The number of hydrogen-bond acceptors (Lipinski definition) is 3. The maximum absolute atomic E-state index is 13.3. The molecule has 1 aromatic carbocycles. The second kappa shape index (κ2) is 5.44. The molecule has 15 heavy (non-hydrogen) atoms. The molecule has 0 heterocycles. The first-order chi connectivity index (χ1) is 7.10. The number of benzene rings is 1. The van der Waals surface area contributed by atoms with E-state index in [1.807, 2.05) is 0 Å². The topological polar surface area (TPSA) is 41.5 Å². The van der Waals surface area contributed by atoms with Crippen molar-refractivity contribution in [3.8, 4) is 5.75 Å². The molecule has 0 saturated heterocycles. The van der Waals surface area contributed by atoms with Gasteiger partial charge in [0.1, 0.15) is 11.6 Å². The van der Waals surface area contributed by atoms with E-state index in [1.54, 1.807) is 7.05 Å². The van der Waals surface area contributed by atoms with Gasteiger partial charge in [0.25, 0.3) is 0 Å². The van der Waals surface area contributed by atoms with E-state index in [4.69, 9.17) is 4.74 Å². The Morgan fingerprint density at radius 2 is 2.27 bits per heavy atom. The van der Waals surface area contributed by atoms with Crippen molar-refractivity contribution >= 4 is 15.9 Å². The van der Waals surface area contributed by atoms with Crippen molar-refractivity contribution in [2.75, 3.05) is 20.7 Å². The highest BCUT2D eigenvalue weighted by Gasteiger charge is 2.15. The molecule has 0 aliphatic heterocycles. The van der Waals surface area contributed by atoms with Crippen LogP contribution in [0.1, 0.15) is 11.7 Å². The summed E-state index contributed by atoms with van der Waals surface area (Å²) in [7, 11) is 3.19. The first-order valence-electron chi connectivity index (χ1n) is 4.45. The zero-order chi connectivity index (χ0) is 11.4. The first kappa shape index (κ1) is 12.4. The highest BCUT2D eigenvalue weighted by atomic mass is 79.9. The summed E-state index contributed by atoms with van der Waals surface area (Å²) in [4.78, 5) is 0. The van der Waals surface area contributed by atoms with Crippen molar-refractivity contribution < 1.29 is 14.2 Å². The van der Waals surface area contributed by atoms with E-state index >= 15 is 0 Å². The van der Waals surface area contributed by atoms with E-state index in [0.717, 1.165) is 0 Å². The van der Waals surface area contributed by atoms with Crippen LogP contribution >= 0.6 is 15.9 Å². The SMILES string of the molecule is CNCC(O)c1cc(F)c(Br)cc1OC. The van der Waals surface area contributed by atoms with Crippen LogP contribution in [-0.2, 0) is 0 Å². The fraction of sp³-hybridized carbons (Fsp3) is 0.400. The van der Waals surface area contributed by atoms with Gasteiger partial charge in [-0.1, -0.05) is 0 Å². The molecule has 0 fully saturated rings. The minimum Gasteiger partial charge on any atom is -0.496 e. The number of halogens is 2. The van der Waals surface area contributed by atoms with Gasteiger partial charge in [-0.05, 0) is 35.1 Å². The van der Waals surface area contributed by atoms with Gasteiger partial charge in [0.2, 0.25) is 0 Å². The van der Waals surface area contributed by atoms with Crippen molar-refractivity contribution in [3.05, 3.63) is 28.0 Å². The van der Waals surface area contributed by atoms with E-state index in [2.05, 4.69) is 21.2 Å². The molecule has 0 bridgehead atoms. The van der Waals surface area contributed by atoms with Gasteiger partial charge in [-0.3, -0.25) is 0 Å². The van der Waals surface area contributed by atoms with Crippen molar-refractivity contribution in [2.24, 2.45) is 0 Å². The summed E-state index contributed by atoms with van der Waals surface area (Å²) in [6.07, 6.45) is -0.785. The average molecular weight is 278 g/mol. The molecule has 0 aromatic heterocycles. The van der Waals surface area contributed by atoms with Gasteiger partial charge in [0.15, 0.2) is 0 Å². The van der Waals surface area contributed by atoms with Crippen LogP contribution in [0.3, 0.4) is 0 Å². The molecule has 0 radical (unpaired) electrons. The van der Waals surface area contributed by atoms with E-state index in [1.165, 1.54) is 19.2 Å². The smallest absolute Gasteiger partial charge is 0.138 e. The van der Waals surface area contributed by atoms with Crippen LogP contribution in [0, 0.1) is 5.82 Å². The van der Waals surface area contributed by atoms with Crippen LogP contribution in [-0.4, -0.2) is 25.8 Å². The molecule has 3 nitrogen and oxygen atoms in total. The fourth-order valence-corrected chi connectivity index (χ4v) is 1.61. The number of nitrogens with one attached hydrogen (secondary N) is 1. The van der Waals surface area contributed by atoms with Crippen LogP contribution < -0.4 is 10.1 Å². The summed E-state index contributed by atoms with van der Waals surface area (Å²) in [6.45, 7) is 0.345. The van der Waals surface area contributed by atoms with E-state index in [9.17, 15) is 9.50 Å². The third kappa shape index (κ3) is 2.90. The molecule has 1 atom stereocenters. The van der Waals surface area contributed by atoms with Gasteiger partial charge in [0.05, 0.1) is 17.7 Å². The van der Waals surface area contributed by atoms with Gasteiger partial charge in [-0.25, -0.2) is 4.39 Å². The van der Waals surface area contributed by atoms with Crippen LogP contribution in [0.4, 0.5) is 4.39 Å². The standard InChI is InChI=1S/C10H13BrFNO2/c1-13-5-9(14)6-3-8(12)7(11)4-10(6)15-2/h3-4,9,13-14H,5H2,1-2H3. The molecule has 5 heteroatoms. The monoisotopic (exact) mass is 277 g/mol. The number of likely N-dealkylation sites (N-methyl/N-ethyl adjacent to an activating group) is 1. The molecule has 0 saturated carbocycles. The summed E-state index contributed by atoms with van der Waals surface area (Å²) in [5.41, 5.74) is 0.438. The number of methoxy groups -OCH3 is 1. The quantitative estimate of drug-likeness (QED) is 0.883. The van der Waals surface area contributed by atoms with Crippen LogP contribution in [0.5, 0.6) is 5.75 Å². The largest absolute Gasteiger partial charge is 0.496 e. The Kier molecular flexibility index (Phi) is 4.50. The third-order valence-electron chi connectivity index (χ3n) is 2.03. The Labute approximate surface area is 96.4 Å². The number of ether oxygens (including phenoxy) is 1. The van der Waals surface area contributed by atoms with Crippen molar-refractivity contribution in [1.29, 1.82) is 0 Å². The second-order valence-electron chi connectivity index (χ2n) is 3.08. The van der Waals surface area contributed by atoms with Gasteiger partial charge < -0.3 is 15.2 Å². The molecule has 0 aliphatic rings. The fourth-order valence-electron chi connectivity index (χ4n) is 1.28. The first-order valence-corrected chi connectivity index (χ1v) is 5.25. The highest BCUT2D eigenvalue weighted by molar-refractivity contribution is 9.10. The molecule has 2 N–H and O–H groups in total. The van der Waals surface area contributed by atoms with Gasteiger partial charge in [-0.15, -0.1) is 0 Å². The Bertz CT molecular complexity index is 346. The lowest BCUT2D eigenvalue weighted by Crippen LogP contribution is -2.17. The van der Waals surface area contributed by atoms with Crippen LogP contribution in [0.25, 0.3) is 0 Å². The zero-order valence-corrected chi connectivity index (χ0v) is 10.1. The summed E-state index contributed by atoms with van der Waals surface area (Å²) in [6, 6.07) is 2.77. The van der Waals surface area contributed by atoms with Gasteiger partial charge in [0, 0.05) is 12.1 Å². The van der Waals surface area contributed by atoms with Crippen molar-refractivity contribution in [1.82, 2.24) is 5.32 Å².